The summed E-state index contributed by atoms with van der Waals surface area (Å²) in [5, 5.41) is 11.3. The van der Waals surface area contributed by atoms with Crippen molar-refractivity contribution in [3.63, 3.8) is 0 Å². The molecule has 5 heterocycles. The first kappa shape index (κ1) is 31.7. The van der Waals surface area contributed by atoms with Gasteiger partial charge in [-0.05, 0) is 82.4 Å². The molecule has 0 bridgehead atoms. The molecule has 44 heavy (non-hydrogen) atoms. The first-order chi connectivity index (χ1) is 21.3. The van der Waals surface area contributed by atoms with Gasteiger partial charge in [-0.25, -0.2) is 14.6 Å². The molecule has 0 aliphatic carbocycles. The first-order valence-corrected chi connectivity index (χ1v) is 16.1. The van der Waals surface area contributed by atoms with E-state index in [2.05, 4.69) is 11.8 Å². The van der Waals surface area contributed by atoms with Crippen molar-refractivity contribution in [2.24, 2.45) is 0 Å². The van der Waals surface area contributed by atoms with E-state index in [1.54, 1.807) is 21.6 Å². The Bertz CT molecular complexity index is 1610. The maximum atomic E-state index is 13.3. The van der Waals surface area contributed by atoms with Gasteiger partial charge in [-0.3, -0.25) is 4.79 Å². The summed E-state index contributed by atoms with van der Waals surface area (Å²) < 4.78 is 12.5. The van der Waals surface area contributed by atoms with Crippen molar-refractivity contribution in [2.45, 2.75) is 92.0 Å². The second kappa shape index (κ2) is 13.5. The normalized spacial score (nSPS) is 18.0. The second-order valence-corrected chi connectivity index (χ2v) is 11.5. The molecule has 1 unspecified atom stereocenters. The number of aryl methyl sites for hydroxylation is 1. The van der Waals surface area contributed by atoms with Crippen LogP contribution >= 0.6 is 0 Å². The molecule has 2 aromatic heterocycles. The van der Waals surface area contributed by atoms with Crippen molar-refractivity contribution in [3.8, 4) is 17.1 Å². The number of pyridine rings is 2. The number of amides is 1. The van der Waals surface area contributed by atoms with Gasteiger partial charge in [0.05, 0.1) is 29.0 Å². The average Bonchev–Trinajstić information content (AvgIpc) is 3.42. The van der Waals surface area contributed by atoms with E-state index in [1.807, 2.05) is 39.8 Å². The predicted molar refractivity (Wildman–Crippen MR) is 169 cm³/mol. The van der Waals surface area contributed by atoms with Crippen molar-refractivity contribution >= 4 is 23.0 Å². The van der Waals surface area contributed by atoms with E-state index in [0.717, 1.165) is 36.0 Å². The maximum absolute atomic E-state index is 13.3. The Kier molecular flexibility index (Phi) is 9.70. The van der Waals surface area contributed by atoms with Gasteiger partial charge in [-0.15, -0.1) is 0 Å². The summed E-state index contributed by atoms with van der Waals surface area (Å²) in [5.41, 5.74) is 4.17. The fourth-order valence-electron chi connectivity index (χ4n) is 6.58. The highest BCUT2D eigenvalue weighted by molar-refractivity contribution is 5.90. The topological polar surface area (TPSA) is 114 Å². The van der Waals surface area contributed by atoms with Gasteiger partial charge in [0.15, 0.2) is 6.10 Å². The zero-order valence-corrected chi connectivity index (χ0v) is 26.5. The largest absolute Gasteiger partial charge is 0.458 e. The number of aliphatic hydroxyl groups excluding tert-OH is 1. The molecule has 0 spiro atoms. The lowest BCUT2D eigenvalue weighted by atomic mass is 9.97. The molecule has 6 rings (SSSR count). The summed E-state index contributed by atoms with van der Waals surface area (Å²) >= 11 is 0. The third kappa shape index (κ3) is 5.85. The summed E-state index contributed by atoms with van der Waals surface area (Å²) in [6, 6.07) is 7.55. The molecule has 1 saturated heterocycles. The van der Waals surface area contributed by atoms with Crippen LogP contribution in [-0.2, 0) is 29.1 Å². The van der Waals surface area contributed by atoms with Gasteiger partial charge in [0, 0.05) is 35.6 Å². The molecular formula is C34H44N4O6. The lowest BCUT2D eigenvalue weighted by Gasteiger charge is -2.33. The Morgan fingerprint density at radius 3 is 2.59 bits per heavy atom. The van der Waals surface area contributed by atoms with Crippen LogP contribution in [0.25, 0.3) is 22.3 Å². The molecule has 1 N–H and O–H groups in total. The number of likely N-dealkylation sites (tertiary alicyclic amines) is 1. The summed E-state index contributed by atoms with van der Waals surface area (Å²) in [6.07, 6.45) is 3.51. The van der Waals surface area contributed by atoms with Crippen LogP contribution in [-0.4, -0.2) is 68.7 Å². The highest BCUT2D eigenvalue weighted by Gasteiger charge is 2.34. The van der Waals surface area contributed by atoms with Gasteiger partial charge in [-0.1, -0.05) is 27.2 Å². The molecule has 2 atom stereocenters. The number of esters is 1. The molecule has 3 aliphatic rings. The number of hydrogen-bond acceptors (Lipinski definition) is 8. The van der Waals surface area contributed by atoms with Gasteiger partial charge in [0.2, 0.25) is 0 Å². The van der Waals surface area contributed by atoms with Crippen molar-refractivity contribution in [1.82, 2.24) is 19.4 Å². The van der Waals surface area contributed by atoms with E-state index in [1.165, 1.54) is 19.3 Å². The van der Waals surface area contributed by atoms with Crippen LogP contribution in [0.1, 0.15) is 88.7 Å². The van der Waals surface area contributed by atoms with Gasteiger partial charge in [0.1, 0.15) is 12.4 Å². The Balaban J connectivity index is 0.00000188. The lowest BCUT2D eigenvalue weighted by molar-refractivity contribution is -0.157. The molecule has 10 nitrogen and oxygen atoms in total. The fourth-order valence-corrected chi connectivity index (χ4v) is 6.58. The number of piperidine rings is 1. The number of benzene rings is 1. The van der Waals surface area contributed by atoms with Gasteiger partial charge in [0.25, 0.3) is 5.56 Å². The second-order valence-electron chi connectivity index (χ2n) is 11.5. The Labute approximate surface area is 258 Å². The van der Waals surface area contributed by atoms with Gasteiger partial charge >= 0.3 is 12.1 Å². The Morgan fingerprint density at radius 2 is 1.89 bits per heavy atom. The number of ether oxygens (including phenoxy) is 2. The number of carbonyl (C=O) groups excluding carboxylic acids is 2. The number of rotatable bonds is 7. The SMILES string of the molecule is CC.CCc1c2c(nc3ccc(OC(=O)N(CC)CCC(C)N4CCCCC4)cc13)-c1cc3c(c(=O)n1C2)COC(=O)[C@H]3O. The minimum atomic E-state index is -1.49. The summed E-state index contributed by atoms with van der Waals surface area (Å²) in [5.74, 6) is -0.306. The average molecular weight is 605 g/mol. The first-order valence-electron chi connectivity index (χ1n) is 16.1. The Morgan fingerprint density at radius 1 is 1.14 bits per heavy atom. The van der Waals surface area contributed by atoms with E-state index in [0.29, 0.717) is 60.3 Å². The third-order valence-electron chi connectivity index (χ3n) is 9.08. The molecule has 0 radical (unpaired) electrons. The molecule has 1 aromatic carbocycles. The molecule has 0 saturated carbocycles. The van der Waals surface area contributed by atoms with E-state index in [9.17, 15) is 19.5 Å². The van der Waals surface area contributed by atoms with Crippen molar-refractivity contribution in [3.05, 3.63) is 56.9 Å². The zero-order valence-electron chi connectivity index (χ0n) is 26.5. The molecule has 3 aliphatic heterocycles. The molecule has 1 fully saturated rings. The van der Waals surface area contributed by atoms with E-state index in [4.69, 9.17) is 14.5 Å². The van der Waals surface area contributed by atoms with Gasteiger partial charge in [-0.2, -0.15) is 0 Å². The van der Waals surface area contributed by atoms with Gasteiger partial charge < -0.3 is 28.9 Å². The number of carbonyl (C=O) groups is 2. The standard InChI is InChI=1S/C32H38N4O6.C2H6/c1-4-21-22-15-20(42-32(40)34(5-2)14-11-19(3)35-12-7-6-8-13-35)9-10-26(22)33-28-24(21)17-36-27(28)16-23-25(30(36)38)18-41-31(39)29(23)37;1-2/h9-10,15-16,19,29,37H,4-8,11-14,17-18H2,1-3H3;1-2H3/t19?,29-;/m0./s1. The van der Waals surface area contributed by atoms with Crippen LogP contribution in [0.4, 0.5) is 4.79 Å². The summed E-state index contributed by atoms with van der Waals surface area (Å²) in [6.45, 7) is 13.9. The van der Waals surface area contributed by atoms with Crippen molar-refractivity contribution < 1.29 is 24.2 Å². The van der Waals surface area contributed by atoms with Crippen LogP contribution in [0.5, 0.6) is 5.75 Å². The van der Waals surface area contributed by atoms with E-state index >= 15 is 0 Å². The zero-order chi connectivity index (χ0) is 31.5. The molecule has 1 amide bonds. The van der Waals surface area contributed by atoms with Crippen LogP contribution in [0, 0.1) is 0 Å². The molecular weight excluding hydrogens is 560 g/mol. The fraction of sp³-hybridized carbons (Fsp3) is 0.529. The monoisotopic (exact) mass is 604 g/mol. The number of fused-ring (bicyclic) bond motifs is 5. The molecule has 236 valence electrons. The summed E-state index contributed by atoms with van der Waals surface area (Å²) in [4.78, 5) is 47.6. The maximum Gasteiger partial charge on any atom is 0.415 e. The number of nitrogens with zero attached hydrogens (tertiary/aromatic N) is 4. The Hall–Kier alpha value is -3.76. The highest BCUT2D eigenvalue weighted by Crippen LogP contribution is 2.38. The predicted octanol–water partition coefficient (Wildman–Crippen LogP) is 5.19. The van der Waals surface area contributed by atoms with Crippen molar-refractivity contribution in [1.29, 1.82) is 0 Å². The van der Waals surface area contributed by atoms with Crippen LogP contribution < -0.4 is 10.3 Å². The van der Waals surface area contributed by atoms with Crippen molar-refractivity contribution in [2.75, 3.05) is 26.2 Å². The molecule has 10 heteroatoms. The third-order valence-corrected chi connectivity index (χ3v) is 9.08. The number of aromatic nitrogens is 2. The van der Waals surface area contributed by atoms with Crippen LogP contribution in [0.3, 0.4) is 0 Å². The van der Waals surface area contributed by atoms with E-state index < -0.39 is 12.1 Å². The number of hydrogen-bond donors (Lipinski definition) is 1. The van der Waals surface area contributed by atoms with Crippen LogP contribution in [0.2, 0.25) is 0 Å². The van der Waals surface area contributed by atoms with E-state index in [-0.39, 0.29) is 23.8 Å². The quantitative estimate of drug-likeness (QED) is 0.287. The molecule has 3 aromatic rings. The highest BCUT2D eigenvalue weighted by atomic mass is 16.6. The minimum absolute atomic E-state index is 0.155. The lowest BCUT2D eigenvalue weighted by Crippen LogP contribution is -2.41. The smallest absolute Gasteiger partial charge is 0.415 e. The number of cyclic esters (lactones) is 1. The number of aliphatic hydroxyl groups is 1. The van der Waals surface area contributed by atoms with Crippen LogP contribution in [0.15, 0.2) is 29.1 Å². The summed E-state index contributed by atoms with van der Waals surface area (Å²) in [7, 11) is 0. The minimum Gasteiger partial charge on any atom is -0.458 e.